The molecule has 134 valence electrons. The molecule has 1 aliphatic rings. The molecule has 1 saturated heterocycles. The molecule has 1 amide bonds. The number of rotatable bonds is 3. The molecule has 2 heterocycles. The summed E-state index contributed by atoms with van der Waals surface area (Å²) in [7, 11) is 0. The van der Waals surface area contributed by atoms with Crippen LogP contribution in [0.25, 0.3) is 10.2 Å². The van der Waals surface area contributed by atoms with E-state index in [-0.39, 0.29) is 5.91 Å². The number of anilines is 1. The van der Waals surface area contributed by atoms with Crippen LogP contribution in [0.3, 0.4) is 0 Å². The van der Waals surface area contributed by atoms with Crippen molar-refractivity contribution in [3.63, 3.8) is 0 Å². The van der Waals surface area contributed by atoms with Crippen molar-refractivity contribution in [2.75, 3.05) is 37.3 Å². The Kier molecular flexibility index (Phi) is 5.07. The fraction of sp³-hybridized carbons (Fsp3) is 0.263. The van der Waals surface area contributed by atoms with Gasteiger partial charge >= 0.3 is 0 Å². The van der Waals surface area contributed by atoms with Crippen LogP contribution < -0.4 is 4.90 Å². The molecule has 0 atom stereocenters. The molecule has 0 aliphatic carbocycles. The van der Waals surface area contributed by atoms with Crippen LogP contribution in [0.2, 0.25) is 5.02 Å². The number of aromatic nitrogens is 1. The molecule has 7 heteroatoms. The largest absolute Gasteiger partial charge is 0.345 e. The minimum Gasteiger partial charge on any atom is -0.345 e. The highest BCUT2D eigenvalue weighted by Gasteiger charge is 2.24. The molecule has 26 heavy (non-hydrogen) atoms. The Bertz CT molecular complexity index is 934. The molecule has 4 rings (SSSR count). The van der Waals surface area contributed by atoms with Gasteiger partial charge in [-0.25, -0.2) is 4.98 Å². The van der Waals surface area contributed by atoms with E-state index in [0.717, 1.165) is 23.7 Å². The van der Waals surface area contributed by atoms with Gasteiger partial charge in [0.25, 0.3) is 5.91 Å². The minimum absolute atomic E-state index is 0.0650. The van der Waals surface area contributed by atoms with Gasteiger partial charge in [-0.3, -0.25) is 4.79 Å². The van der Waals surface area contributed by atoms with Gasteiger partial charge in [0.05, 0.1) is 10.2 Å². The van der Waals surface area contributed by atoms with Crippen molar-refractivity contribution in [2.45, 2.75) is 4.90 Å². The van der Waals surface area contributed by atoms with Crippen LogP contribution in [0, 0.1) is 0 Å². The molecule has 0 unspecified atom stereocenters. The Morgan fingerprint density at radius 2 is 1.85 bits per heavy atom. The van der Waals surface area contributed by atoms with Gasteiger partial charge in [0.15, 0.2) is 5.13 Å². The summed E-state index contributed by atoms with van der Waals surface area (Å²) in [5.41, 5.74) is 1.73. The van der Waals surface area contributed by atoms with Crippen LogP contribution in [0.1, 0.15) is 10.4 Å². The van der Waals surface area contributed by atoms with Crippen molar-refractivity contribution in [3.05, 3.63) is 53.1 Å². The molecule has 2 aromatic carbocycles. The molecule has 1 fully saturated rings. The molecule has 1 aliphatic heterocycles. The zero-order valence-corrected chi connectivity index (χ0v) is 16.7. The molecule has 1 aromatic heterocycles. The third-order valence-electron chi connectivity index (χ3n) is 4.51. The van der Waals surface area contributed by atoms with Gasteiger partial charge in [-0.05, 0) is 48.7 Å². The SMILES string of the molecule is CSc1ccc2nc(N3CCN(C(=O)c4ccc(Cl)cc4)CC3)sc2c1. The summed E-state index contributed by atoms with van der Waals surface area (Å²) in [5.74, 6) is 0.0650. The number of thioether (sulfide) groups is 1. The monoisotopic (exact) mass is 403 g/mol. The first kappa shape index (κ1) is 17.6. The Morgan fingerprint density at radius 1 is 1.12 bits per heavy atom. The van der Waals surface area contributed by atoms with Crippen molar-refractivity contribution in [1.82, 2.24) is 9.88 Å². The first-order valence-corrected chi connectivity index (χ1v) is 10.8. The van der Waals surface area contributed by atoms with E-state index in [1.807, 2.05) is 4.90 Å². The number of halogens is 1. The van der Waals surface area contributed by atoms with Gasteiger partial charge in [0.2, 0.25) is 0 Å². The Labute approximate surface area is 165 Å². The minimum atomic E-state index is 0.0650. The number of carbonyl (C=O) groups is 1. The van der Waals surface area contributed by atoms with E-state index >= 15 is 0 Å². The first-order chi connectivity index (χ1) is 12.6. The maximum Gasteiger partial charge on any atom is 0.253 e. The Balaban J connectivity index is 1.44. The Morgan fingerprint density at radius 3 is 2.54 bits per heavy atom. The van der Waals surface area contributed by atoms with E-state index in [2.05, 4.69) is 29.4 Å². The lowest BCUT2D eigenvalue weighted by Crippen LogP contribution is -2.48. The third-order valence-corrected chi connectivity index (χ3v) is 6.57. The van der Waals surface area contributed by atoms with E-state index in [0.29, 0.717) is 23.7 Å². The number of amides is 1. The number of fused-ring (bicyclic) bond motifs is 1. The fourth-order valence-corrected chi connectivity index (χ4v) is 4.73. The van der Waals surface area contributed by atoms with Crippen molar-refractivity contribution in [3.8, 4) is 0 Å². The van der Waals surface area contributed by atoms with E-state index in [1.165, 1.54) is 9.60 Å². The molecule has 0 bridgehead atoms. The molecule has 0 saturated carbocycles. The lowest BCUT2D eigenvalue weighted by molar-refractivity contribution is 0.0747. The first-order valence-electron chi connectivity index (χ1n) is 8.38. The van der Waals surface area contributed by atoms with E-state index in [4.69, 9.17) is 16.6 Å². The maximum absolute atomic E-state index is 12.6. The average molecular weight is 404 g/mol. The molecule has 0 N–H and O–H groups in total. The molecule has 4 nitrogen and oxygen atoms in total. The maximum atomic E-state index is 12.6. The lowest BCUT2D eigenvalue weighted by Gasteiger charge is -2.34. The standard InChI is InChI=1S/C19H18ClN3OS2/c1-25-15-6-7-16-17(12-15)26-19(21-16)23-10-8-22(9-11-23)18(24)13-2-4-14(20)5-3-13/h2-7,12H,8-11H2,1H3. The van der Waals surface area contributed by atoms with E-state index < -0.39 is 0 Å². The zero-order valence-electron chi connectivity index (χ0n) is 14.3. The number of thiazole rings is 1. The predicted octanol–water partition coefficient (Wildman–Crippen LogP) is 4.63. The number of hydrogen-bond acceptors (Lipinski definition) is 5. The summed E-state index contributed by atoms with van der Waals surface area (Å²) < 4.78 is 1.21. The molecular weight excluding hydrogens is 386 g/mol. The van der Waals surface area contributed by atoms with Crippen LogP contribution in [0.5, 0.6) is 0 Å². The molecule has 3 aromatic rings. The highest BCUT2D eigenvalue weighted by Crippen LogP contribution is 2.32. The number of piperazine rings is 1. The van der Waals surface area contributed by atoms with Crippen LogP contribution >= 0.6 is 34.7 Å². The number of nitrogens with zero attached hydrogens (tertiary/aromatic N) is 3. The smallest absolute Gasteiger partial charge is 0.253 e. The summed E-state index contributed by atoms with van der Waals surface area (Å²) in [5, 5.41) is 1.68. The Hall–Kier alpha value is -1.76. The van der Waals surface area contributed by atoms with Crippen LogP contribution in [-0.4, -0.2) is 48.2 Å². The van der Waals surface area contributed by atoms with Gasteiger partial charge in [-0.15, -0.1) is 11.8 Å². The summed E-state index contributed by atoms with van der Waals surface area (Å²) in [6.45, 7) is 3.00. The molecular formula is C19H18ClN3OS2. The summed E-state index contributed by atoms with van der Waals surface area (Å²) in [4.78, 5) is 22.8. The summed E-state index contributed by atoms with van der Waals surface area (Å²) in [6, 6.07) is 13.5. The normalized spacial score (nSPS) is 14.8. The fourth-order valence-electron chi connectivity index (χ4n) is 3.03. The number of hydrogen-bond donors (Lipinski definition) is 0. The topological polar surface area (TPSA) is 36.4 Å². The highest BCUT2D eigenvalue weighted by atomic mass is 35.5. The average Bonchev–Trinajstić information content (AvgIpc) is 3.11. The highest BCUT2D eigenvalue weighted by molar-refractivity contribution is 7.98. The van der Waals surface area contributed by atoms with Gasteiger partial charge in [-0.1, -0.05) is 22.9 Å². The van der Waals surface area contributed by atoms with E-state index in [9.17, 15) is 4.79 Å². The van der Waals surface area contributed by atoms with Crippen LogP contribution in [-0.2, 0) is 0 Å². The van der Waals surface area contributed by atoms with Crippen LogP contribution in [0.4, 0.5) is 5.13 Å². The predicted molar refractivity (Wildman–Crippen MR) is 111 cm³/mol. The summed E-state index contributed by atoms with van der Waals surface area (Å²) >= 11 is 9.37. The number of carbonyl (C=O) groups excluding carboxylic acids is 1. The second-order valence-electron chi connectivity index (χ2n) is 6.12. The second-order valence-corrected chi connectivity index (χ2v) is 8.44. The summed E-state index contributed by atoms with van der Waals surface area (Å²) in [6.07, 6.45) is 2.08. The molecule has 0 radical (unpaired) electrons. The van der Waals surface area contributed by atoms with Crippen molar-refractivity contribution < 1.29 is 4.79 Å². The van der Waals surface area contributed by atoms with Crippen molar-refractivity contribution in [2.24, 2.45) is 0 Å². The van der Waals surface area contributed by atoms with E-state index in [1.54, 1.807) is 47.4 Å². The zero-order chi connectivity index (χ0) is 18.1. The van der Waals surface area contributed by atoms with Gasteiger partial charge in [0, 0.05) is 41.7 Å². The van der Waals surface area contributed by atoms with Crippen LogP contribution in [0.15, 0.2) is 47.4 Å². The van der Waals surface area contributed by atoms with Gasteiger partial charge in [0.1, 0.15) is 0 Å². The molecule has 0 spiro atoms. The van der Waals surface area contributed by atoms with Crippen molar-refractivity contribution >= 4 is 56.0 Å². The quantitative estimate of drug-likeness (QED) is 0.597. The second kappa shape index (κ2) is 7.47. The lowest BCUT2D eigenvalue weighted by atomic mass is 10.2. The van der Waals surface area contributed by atoms with Crippen molar-refractivity contribution in [1.29, 1.82) is 0 Å². The van der Waals surface area contributed by atoms with Gasteiger partial charge < -0.3 is 9.80 Å². The van der Waals surface area contributed by atoms with Gasteiger partial charge in [-0.2, -0.15) is 0 Å². The number of benzene rings is 2. The third kappa shape index (κ3) is 3.54.